The largest absolute Gasteiger partial charge is 0.355 e. The van der Waals surface area contributed by atoms with Gasteiger partial charge in [0.2, 0.25) is 0 Å². The van der Waals surface area contributed by atoms with Gasteiger partial charge < -0.3 is 10.2 Å². The molecule has 3 nitrogen and oxygen atoms in total. The van der Waals surface area contributed by atoms with Gasteiger partial charge in [-0.15, -0.1) is 11.3 Å². The fourth-order valence-electron chi connectivity index (χ4n) is 1.83. The molecule has 2 aromatic heterocycles. The zero-order valence-corrected chi connectivity index (χ0v) is 13.6. The standard InChI is InChI=1S/C15H20ClN3S/c1-11(2)17-9-14-13(16)6-7-15(18-14)19(3)10-12-5-4-8-20-12/h4-8,11,17H,9-10H2,1-3H3. The van der Waals surface area contributed by atoms with Gasteiger partial charge in [0, 0.05) is 24.5 Å². The molecule has 5 heteroatoms. The van der Waals surface area contributed by atoms with Crippen LogP contribution in [0.1, 0.15) is 24.4 Å². The maximum atomic E-state index is 6.21. The van der Waals surface area contributed by atoms with Crippen molar-refractivity contribution in [2.24, 2.45) is 0 Å². The van der Waals surface area contributed by atoms with Gasteiger partial charge in [-0.3, -0.25) is 0 Å². The lowest BCUT2D eigenvalue weighted by Crippen LogP contribution is -2.23. The van der Waals surface area contributed by atoms with Crippen LogP contribution in [0.5, 0.6) is 0 Å². The summed E-state index contributed by atoms with van der Waals surface area (Å²) in [5, 5.41) is 6.16. The Morgan fingerprint density at radius 2 is 2.15 bits per heavy atom. The molecule has 0 fully saturated rings. The van der Waals surface area contributed by atoms with Crippen molar-refractivity contribution in [3.63, 3.8) is 0 Å². The van der Waals surface area contributed by atoms with Crippen LogP contribution in [-0.2, 0) is 13.1 Å². The predicted molar refractivity (Wildman–Crippen MR) is 87.6 cm³/mol. The molecule has 0 unspecified atom stereocenters. The summed E-state index contributed by atoms with van der Waals surface area (Å²) in [5.41, 5.74) is 0.899. The topological polar surface area (TPSA) is 28.2 Å². The second-order valence-corrected chi connectivity index (χ2v) is 6.51. The van der Waals surface area contributed by atoms with E-state index >= 15 is 0 Å². The van der Waals surface area contributed by atoms with E-state index in [-0.39, 0.29) is 0 Å². The third-order valence-corrected chi connectivity index (χ3v) is 4.15. The van der Waals surface area contributed by atoms with E-state index < -0.39 is 0 Å². The van der Waals surface area contributed by atoms with Crippen molar-refractivity contribution < 1.29 is 0 Å². The molecule has 2 aromatic rings. The highest BCUT2D eigenvalue weighted by Crippen LogP contribution is 2.21. The van der Waals surface area contributed by atoms with E-state index in [9.17, 15) is 0 Å². The van der Waals surface area contributed by atoms with Crippen LogP contribution < -0.4 is 10.2 Å². The summed E-state index contributed by atoms with van der Waals surface area (Å²) in [5.74, 6) is 0.948. The van der Waals surface area contributed by atoms with E-state index in [0.717, 1.165) is 18.1 Å². The first kappa shape index (κ1) is 15.3. The summed E-state index contributed by atoms with van der Waals surface area (Å²) in [6.45, 7) is 5.78. The zero-order chi connectivity index (χ0) is 14.5. The number of nitrogens with zero attached hydrogens (tertiary/aromatic N) is 2. The molecule has 2 heterocycles. The smallest absolute Gasteiger partial charge is 0.129 e. The fourth-order valence-corrected chi connectivity index (χ4v) is 2.76. The van der Waals surface area contributed by atoms with Gasteiger partial charge in [-0.2, -0.15) is 0 Å². The third-order valence-electron chi connectivity index (χ3n) is 2.95. The van der Waals surface area contributed by atoms with E-state index in [1.165, 1.54) is 4.88 Å². The molecule has 1 N–H and O–H groups in total. The van der Waals surface area contributed by atoms with Gasteiger partial charge in [-0.25, -0.2) is 4.98 Å². The van der Waals surface area contributed by atoms with Gasteiger partial charge in [0.25, 0.3) is 0 Å². The van der Waals surface area contributed by atoms with Crippen LogP contribution in [0.3, 0.4) is 0 Å². The highest BCUT2D eigenvalue weighted by Gasteiger charge is 2.09. The second-order valence-electron chi connectivity index (χ2n) is 5.07. The molecule has 0 aliphatic rings. The molecule has 2 rings (SSSR count). The number of anilines is 1. The number of aromatic nitrogens is 1. The third kappa shape index (κ3) is 4.20. The van der Waals surface area contributed by atoms with Crippen LogP contribution in [0.2, 0.25) is 5.02 Å². The molecule has 0 bridgehead atoms. The van der Waals surface area contributed by atoms with Crippen molar-refractivity contribution in [1.29, 1.82) is 0 Å². The first-order valence-electron chi connectivity index (χ1n) is 6.68. The molecule has 0 saturated carbocycles. The summed E-state index contributed by atoms with van der Waals surface area (Å²) in [4.78, 5) is 8.13. The fraction of sp³-hybridized carbons (Fsp3) is 0.400. The Balaban J connectivity index is 2.09. The van der Waals surface area contributed by atoms with Crippen LogP contribution in [0.25, 0.3) is 0 Å². The van der Waals surface area contributed by atoms with Crippen LogP contribution in [0.15, 0.2) is 29.6 Å². The molecular weight excluding hydrogens is 290 g/mol. The van der Waals surface area contributed by atoms with E-state index in [0.29, 0.717) is 17.6 Å². The number of halogens is 1. The Labute approximate surface area is 129 Å². The van der Waals surface area contributed by atoms with Gasteiger partial charge in [-0.05, 0) is 23.6 Å². The van der Waals surface area contributed by atoms with Crippen molar-refractivity contribution >= 4 is 28.8 Å². The first-order valence-corrected chi connectivity index (χ1v) is 7.94. The Bertz CT molecular complexity index is 540. The Morgan fingerprint density at radius 1 is 1.35 bits per heavy atom. The maximum Gasteiger partial charge on any atom is 0.129 e. The number of hydrogen-bond donors (Lipinski definition) is 1. The average molecular weight is 310 g/mol. The zero-order valence-electron chi connectivity index (χ0n) is 12.1. The number of nitrogens with one attached hydrogen (secondary N) is 1. The highest BCUT2D eigenvalue weighted by atomic mass is 35.5. The molecule has 108 valence electrons. The van der Waals surface area contributed by atoms with Crippen molar-refractivity contribution in [2.45, 2.75) is 33.0 Å². The van der Waals surface area contributed by atoms with E-state index in [2.05, 4.69) is 53.6 Å². The minimum absolute atomic E-state index is 0.417. The van der Waals surface area contributed by atoms with Gasteiger partial charge in [-0.1, -0.05) is 31.5 Å². The van der Waals surface area contributed by atoms with Crippen molar-refractivity contribution in [3.05, 3.63) is 45.2 Å². The summed E-state index contributed by atoms with van der Waals surface area (Å²) in [7, 11) is 2.05. The molecule has 0 radical (unpaired) electrons. The first-order chi connectivity index (χ1) is 9.56. The Kier molecular flexibility index (Phi) is 5.40. The van der Waals surface area contributed by atoms with Crippen LogP contribution in [-0.4, -0.2) is 18.1 Å². The predicted octanol–water partition coefficient (Wildman–Crippen LogP) is 3.93. The average Bonchev–Trinajstić information content (AvgIpc) is 2.90. The number of pyridine rings is 1. The summed E-state index contributed by atoms with van der Waals surface area (Å²) in [6, 6.07) is 8.51. The summed E-state index contributed by atoms with van der Waals surface area (Å²) < 4.78 is 0. The minimum atomic E-state index is 0.417. The SMILES string of the molecule is CC(C)NCc1nc(N(C)Cc2cccs2)ccc1Cl. The quantitative estimate of drug-likeness (QED) is 0.876. The number of thiophene rings is 1. The summed E-state index contributed by atoms with van der Waals surface area (Å²) >= 11 is 7.97. The van der Waals surface area contributed by atoms with E-state index in [1.807, 2.05) is 12.1 Å². The van der Waals surface area contributed by atoms with Crippen LogP contribution >= 0.6 is 22.9 Å². The molecule has 0 atom stereocenters. The lowest BCUT2D eigenvalue weighted by Gasteiger charge is -2.19. The molecule has 20 heavy (non-hydrogen) atoms. The molecule has 0 aliphatic heterocycles. The molecular formula is C15H20ClN3S. The molecule has 0 aromatic carbocycles. The molecule has 0 aliphatic carbocycles. The number of hydrogen-bond acceptors (Lipinski definition) is 4. The van der Waals surface area contributed by atoms with Crippen molar-refractivity contribution in [2.75, 3.05) is 11.9 Å². The molecule has 0 spiro atoms. The monoisotopic (exact) mass is 309 g/mol. The van der Waals surface area contributed by atoms with Crippen molar-refractivity contribution in [1.82, 2.24) is 10.3 Å². The van der Waals surface area contributed by atoms with Gasteiger partial charge in [0.05, 0.1) is 17.3 Å². The molecule has 0 amide bonds. The Morgan fingerprint density at radius 3 is 2.80 bits per heavy atom. The van der Waals surface area contributed by atoms with E-state index in [1.54, 1.807) is 11.3 Å². The van der Waals surface area contributed by atoms with Crippen molar-refractivity contribution in [3.8, 4) is 0 Å². The second kappa shape index (κ2) is 7.07. The normalized spacial score (nSPS) is 11.1. The molecule has 0 saturated heterocycles. The lowest BCUT2D eigenvalue weighted by atomic mass is 10.3. The Hall–Kier alpha value is -1.10. The number of rotatable bonds is 6. The minimum Gasteiger partial charge on any atom is -0.355 e. The van der Waals surface area contributed by atoms with E-state index in [4.69, 9.17) is 11.6 Å². The highest BCUT2D eigenvalue weighted by molar-refractivity contribution is 7.09. The van der Waals surface area contributed by atoms with Crippen LogP contribution in [0, 0.1) is 0 Å². The maximum absolute atomic E-state index is 6.21. The lowest BCUT2D eigenvalue weighted by molar-refractivity contribution is 0.581. The van der Waals surface area contributed by atoms with Gasteiger partial charge >= 0.3 is 0 Å². The van der Waals surface area contributed by atoms with Gasteiger partial charge in [0.15, 0.2) is 0 Å². The van der Waals surface area contributed by atoms with Gasteiger partial charge in [0.1, 0.15) is 5.82 Å². The summed E-state index contributed by atoms with van der Waals surface area (Å²) in [6.07, 6.45) is 0. The van der Waals surface area contributed by atoms with Crippen LogP contribution in [0.4, 0.5) is 5.82 Å².